The molecule has 0 aliphatic heterocycles. The second kappa shape index (κ2) is 4.64. The molecule has 0 aromatic rings. The Labute approximate surface area is 76.3 Å². The van der Waals surface area contributed by atoms with Crippen molar-refractivity contribution in [3.05, 3.63) is 0 Å². The van der Waals surface area contributed by atoms with Crippen LogP contribution in [0.25, 0.3) is 0 Å². The van der Waals surface area contributed by atoms with Crippen LogP contribution in [-0.2, 0) is 19.6 Å². The molecule has 0 N–H and O–H groups in total. The fraction of sp³-hybridized carbons (Fsp3) is 0.800. The summed E-state index contributed by atoms with van der Waals surface area (Å²) in [6.07, 6.45) is 0. The molecule has 5 nitrogen and oxygen atoms in total. The third-order valence-corrected chi connectivity index (χ3v) is 3.37. The molecule has 0 aliphatic rings. The number of rotatable bonds is 4. The summed E-state index contributed by atoms with van der Waals surface area (Å²) in [4.78, 5) is 10.6. The average Bonchev–Trinajstić information content (AvgIpc) is 2.04. The van der Waals surface area contributed by atoms with Crippen LogP contribution in [0.15, 0.2) is 0 Å². The van der Waals surface area contributed by atoms with E-state index in [0.29, 0.717) is 0 Å². The Balaban J connectivity index is 4.23. The van der Waals surface area contributed by atoms with E-state index in [4.69, 9.17) is 11.6 Å². The molecular weight excluding hydrogens is 206 g/mol. The van der Waals surface area contributed by atoms with E-state index in [-0.39, 0.29) is 6.54 Å². The second-order valence-corrected chi connectivity index (χ2v) is 4.71. The number of esters is 1. The first kappa shape index (κ1) is 11.7. The molecule has 0 amide bonds. The van der Waals surface area contributed by atoms with Crippen LogP contribution < -0.4 is 0 Å². The molecular formula is C5H10ClNO4S. The highest BCUT2D eigenvalue weighted by Crippen LogP contribution is 1.99. The fourth-order valence-corrected chi connectivity index (χ4v) is 1.40. The van der Waals surface area contributed by atoms with Crippen molar-refractivity contribution >= 4 is 27.6 Å². The van der Waals surface area contributed by atoms with Crippen molar-refractivity contribution in [3.63, 3.8) is 0 Å². The first-order valence-corrected chi connectivity index (χ1v) is 5.15. The summed E-state index contributed by atoms with van der Waals surface area (Å²) in [6, 6.07) is 0. The Kier molecular flexibility index (Phi) is 4.51. The molecule has 0 aliphatic carbocycles. The number of carbonyl (C=O) groups is 1. The Morgan fingerprint density at radius 1 is 1.58 bits per heavy atom. The van der Waals surface area contributed by atoms with Gasteiger partial charge in [-0.1, -0.05) is 0 Å². The Hall–Kier alpha value is -0.330. The predicted octanol–water partition coefficient (Wildman–Crippen LogP) is -0.383. The summed E-state index contributed by atoms with van der Waals surface area (Å²) in [5, 5.41) is -0.541. The van der Waals surface area contributed by atoms with Crippen molar-refractivity contribution in [1.82, 2.24) is 4.31 Å². The van der Waals surface area contributed by atoms with E-state index in [1.165, 1.54) is 14.2 Å². The molecule has 0 spiro atoms. The zero-order valence-electron chi connectivity index (χ0n) is 6.78. The van der Waals surface area contributed by atoms with E-state index >= 15 is 0 Å². The van der Waals surface area contributed by atoms with Crippen molar-refractivity contribution < 1.29 is 17.9 Å². The van der Waals surface area contributed by atoms with Gasteiger partial charge in [-0.3, -0.25) is 4.79 Å². The minimum absolute atomic E-state index is 0.314. The van der Waals surface area contributed by atoms with E-state index in [2.05, 4.69) is 4.74 Å². The van der Waals surface area contributed by atoms with Gasteiger partial charge in [-0.2, -0.15) is 4.31 Å². The van der Waals surface area contributed by atoms with Crippen LogP contribution in [-0.4, -0.2) is 44.6 Å². The number of hydrogen-bond acceptors (Lipinski definition) is 4. The summed E-state index contributed by atoms with van der Waals surface area (Å²) in [6.45, 7) is -0.314. The standard InChI is InChI=1S/C5H10ClNO4S/c1-7(3-5(8)11-2)12(9,10)4-6/h3-4H2,1-2H3. The molecule has 0 aromatic carbocycles. The molecule has 7 heteroatoms. The zero-order valence-corrected chi connectivity index (χ0v) is 8.35. The normalized spacial score (nSPS) is 11.7. The molecule has 0 bridgehead atoms. The lowest BCUT2D eigenvalue weighted by Crippen LogP contribution is -2.33. The van der Waals surface area contributed by atoms with E-state index in [1.807, 2.05) is 0 Å². The number of hydrogen-bond donors (Lipinski definition) is 0. The average molecular weight is 216 g/mol. The monoisotopic (exact) mass is 215 g/mol. The summed E-state index contributed by atoms with van der Waals surface area (Å²) in [5.41, 5.74) is 0. The molecule has 0 fully saturated rings. The Morgan fingerprint density at radius 2 is 2.08 bits per heavy atom. The number of halogens is 1. The molecule has 0 heterocycles. The first-order valence-electron chi connectivity index (χ1n) is 3.01. The van der Waals surface area contributed by atoms with Gasteiger partial charge in [-0.05, 0) is 0 Å². The van der Waals surface area contributed by atoms with E-state index in [0.717, 1.165) is 4.31 Å². The molecule has 0 saturated heterocycles. The van der Waals surface area contributed by atoms with Crippen molar-refractivity contribution in [1.29, 1.82) is 0 Å². The van der Waals surface area contributed by atoms with Gasteiger partial charge in [-0.25, -0.2) is 8.42 Å². The van der Waals surface area contributed by atoms with Gasteiger partial charge in [0.15, 0.2) is 0 Å². The van der Waals surface area contributed by atoms with Gasteiger partial charge in [-0.15, -0.1) is 11.6 Å². The topological polar surface area (TPSA) is 63.7 Å². The summed E-state index contributed by atoms with van der Waals surface area (Å²) in [7, 11) is -1.06. The molecule has 0 saturated carbocycles. The number of likely N-dealkylation sites (N-methyl/N-ethyl adjacent to an activating group) is 1. The Bertz CT molecular complexity index is 250. The molecule has 12 heavy (non-hydrogen) atoms. The molecule has 0 atom stereocenters. The maximum absolute atomic E-state index is 10.9. The molecule has 72 valence electrons. The molecule has 0 rings (SSSR count). The number of alkyl halides is 1. The van der Waals surface area contributed by atoms with E-state index in [9.17, 15) is 13.2 Å². The van der Waals surface area contributed by atoms with Gasteiger partial charge < -0.3 is 4.74 Å². The SMILES string of the molecule is COC(=O)CN(C)S(=O)(=O)CCl. The molecule has 0 radical (unpaired) electrons. The number of carbonyl (C=O) groups excluding carboxylic acids is 1. The highest BCUT2D eigenvalue weighted by molar-refractivity contribution is 7.90. The lowest BCUT2D eigenvalue weighted by Gasteiger charge is -2.12. The third-order valence-electron chi connectivity index (χ3n) is 1.19. The largest absolute Gasteiger partial charge is 0.468 e. The number of methoxy groups -OCH3 is 1. The van der Waals surface area contributed by atoms with Crippen LogP contribution in [0.2, 0.25) is 0 Å². The van der Waals surface area contributed by atoms with Crippen molar-refractivity contribution in [2.24, 2.45) is 0 Å². The predicted molar refractivity (Wildman–Crippen MR) is 44.3 cm³/mol. The fourth-order valence-electron chi connectivity index (χ4n) is 0.428. The van der Waals surface area contributed by atoms with Crippen LogP contribution in [0.3, 0.4) is 0 Å². The van der Waals surface area contributed by atoms with Gasteiger partial charge in [0.2, 0.25) is 10.0 Å². The number of sulfonamides is 1. The lowest BCUT2D eigenvalue weighted by atomic mass is 10.7. The highest BCUT2D eigenvalue weighted by atomic mass is 35.5. The van der Waals surface area contributed by atoms with Crippen LogP contribution >= 0.6 is 11.6 Å². The van der Waals surface area contributed by atoms with Gasteiger partial charge in [0.05, 0.1) is 7.11 Å². The van der Waals surface area contributed by atoms with Crippen LogP contribution in [0, 0.1) is 0 Å². The highest BCUT2D eigenvalue weighted by Gasteiger charge is 2.19. The van der Waals surface area contributed by atoms with Crippen LogP contribution in [0.4, 0.5) is 0 Å². The Morgan fingerprint density at radius 3 is 2.42 bits per heavy atom. The maximum atomic E-state index is 10.9. The minimum Gasteiger partial charge on any atom is -0.468 e. The van der Waals surface area contributed by atoms with Gasteiger partial charge in [0.25, 0.3) is 0 Å². The molecule has 0 aromatic heterocycles. The summed E-state index contributed by atoms with van der Waals surface area (Å²) < 4.78 is 27.0. The van der Waals surface area contributed by atoms with Crippen LogP contribution in [0.1, 0.15) is 0 Å². The van der Waals surface area contributed by atoms with Gasteiger partial charge in [0.1, 0.15) is 11.8 Å². The smallest absolute Gasteiger partial charge is 0.320 e. The van der Waals surface area contributed by atoms with Crippen molar-refractivity contribution in [2.75, 3.05) is 25.9 Å². The summed E-state index contributed by atoms with van der Waals surface area (Å²) in [5.74, 6) is -0.619. The number of nitrogens with zero attached hydrogens (tertiary/aromatic N) is 1. The zero-order chi connectivity index (χ0) is 9.78. The maximum Gasteiger partial charge on any atom is 0.320 e. The van der Waals surface area contributed by atoms with E-state index < -0.39 is 21.2 Å². The van der Waals surface area contributed by atoms with Gasteiger partial charge in [0, 0.05) is 7.05 Å². The van der Waals surface area contributed by atoms with Crippen LogP contribution in [0.5, 0.6) is 0 Å². The number of ether oxygens (including phenoxy) is 1. The quantitative estimate of drug-likeness (QED) is 0.474. The molecule has 0 unspecified atom stereocenters. The lowest BCUT2D eigenvalue weighted by molar-refractivity contribution is -0.140. The van der Waals surface area contributed by atoms with Gasteiger partial charge >= 0.3 is 5.97 Å². The van der Waals surface area contributed by atoms with Crippen molar-refractivity contribution in [3.8, 4) is 0 Å². The third kappa shape index (κ3) is 3.38. The summed E-state index contributed by atoms with van der Waals surface area (Å²) >= 11 is 5.13. The first-order chi connectivity index (χ1) is 5.44. The van der Waals surface area contributed by atoms with E-state index in [1.54, 1.807) is 0 Å². The second-order valence-electron chi connectivity index (χ2n) is 2.05. The minimum atomic E-state index is -3.51. The van der Waals surface area contributed by atoms with Crippen molar-refractivity contribution in [2.45, 2.75) is 0 Å².